The Balaban J connectivity index is 1.67. The van der Waals surface area contributed by atoms with Gasteiger partial charge in [-0.1, -0.05) is 11.6 Å². The molecule has 1 heterocycles. The summed E-state index contributed by atoms with van der Waals surface area (Å²) in [6, 6.07) is 6.53. The van der Waals surface area contributed by atoms with E-state index in [9.17, 15) is 39.2 Å². The van der Waals surface area contributed by atoms with E-state index in [0.717, 1.165) is 28.6 Å². The number of sulfonamides is 2. The molecular formula is C26H30ClF4N3O7S2. The summed E-state index contributed by atoms with van der Waals surface area (Å²) in [6.07, 6.45) is -6.06. The highest BCUT2D eigenvalue weighted by molar-refractivity contribution is 7.92. The maximum Gasteiger partial charge on any atom is 0.427 e. The van der Waals surface area contributed by atoms with Crippen molar-refractivity contribution in [3.05, 3.63) is 47.2 Å². The van der Waals surface area contributed by atoms with Crippen LogP contribution in [0.3, 0.4) is 0 Å². The second kappa shape index (κ2) is 11.3. The first-order valence-electron chi connectivity index (χ1n) is 13.0. The molecule has 1 aliphatic carbocycles. The average Bonchev–Trinajstić information content (AvgIpc) is 3.70. The van der Waals surface area contributed by atoms with E-state index in [0.29, 0.717) is 26.7 Å². The first-order valence-corrected chi connectivity index (χ1v) is 16.4. The van der Waals surface area contributed by atoms with E-state index in [4.69, 9.17) is 16.3 Å². The molecule has 2 N–H and O–H groups in total. The Morgan fingerprint density at radius 1 is 1.07 bits per heavy atom. The lowest BCUT2D eigenvalue weighted by atomic mass is 9.97. The molecule has 1 amide bonds. The number of hydrogen-bond acceptors (Lipinski definition) is 7. The van der Waals surface area contributed by atoms with Crippen LogP contribution in [0.25, 0.3) is 0 Å². The summed E-state index contributed by atoms with van der Waals surface area (Å²) in [5.74, 6) is -0.833. The van der Waals surface area contributed by atoms with E-state index in [1.807, 2.05) is 0 Å². The normalized spacial score (nSPS) is 18.1. The maximum atomic E-state index is 13.8. The topological polar surface area (TPSA) is 131 Å². The molecule has 43 heavy (non-hydrogen) atoms. The Labute approximate surface area is 251 Å². The summed E-state index contributed by atoms with van der Waals surface area (Å²) in [4.78, 5) is 11.9. The maximum absolute atomic E-state index is 13.8. The number of ether oxygens (including phenoxy) is 2. The molecule has 1 aliphatic heterocycles. The number of hydrogen-bond donors (Lipinski definition) is 2. The summed E-state index contributed by atoms with van der Waals surface area (Å²) < 4.78 is 120. The number of carbonyl (C=O) groups excluding carboxylic acids is 1. The van der Waals surface area contributed by atoms with E-state index in [2.05, 4.69) is 14.8 Å². The van der Waals surface area contributed by atoms with Crippen molar-refractivity contribution in [2.75, 3.05) is 16.2 Å². The molecule has 0 radical (unpaired) electrons. The number of halogens is 5. The number of nitrogens with one attached hydrogen (secondary N) is 2. The van der Waals surface area contributed by atoms with Crippen LogP contribution in [-0.2, 0) is 24.8 Å². The summed E-state index contributed by atoms with van der Waals surface area (Å²) in [6.45, 7) is 4.26. The zero-order chi connectivity index (χ0) is 32.2. The Morgan fingerprint density at radius 2 is 1.72 bits per heavy atom. The highest BCUT2D eigenvalue weighted by Gasteiger charge is 2.51. The van der Waals surface area contributed by atoms with Crippen molar-refractivity contribution in [3.8, 4) is 5.75 Å². The van der Waals surface area contributed by atoms with Gasteiger partial charge < -0.3 is 9.47 Å². The summed E-state index contributed by atoms with van der Waals surface area (Å²) in [5, 5.41) is 1.22. The van der Waals surface area contributed by atoms with Gasteiger partial charge in [0.15, 0.2) is 0 Å². The molecule has 0 saturated heterocycles. The van der Waals surface area contributed by atoms with Crippen molar-refractivity contribution in [2.45, 2.75) is 80.5 Å². The van der Waals surface area contributed by atoms with Crippen LogP contribution in [-0.4, -0.2) is 58.1 Å². The summed E-state index contributed by atoms with van der Waals surface area (Å²) >= 11 is 5.84. The number of amides is 1. The van der Waals surface area contributed by atoms with Crippen LogP contribution in [0.5, 0.6) is 5.75 Å². The van der Waals surface area contributed by atoms with Crippen LogP contribution < -0.4 is 19.1 Å². The molecule has 2 aliphatic rings. The lowest BCUT2D eigenvalue weighted by Crippen LogP contribution is -2.51. The molecule has 0 spiro atoms. The SMILES string of the molecule is CC(C)(C[C@H]1CN(S(=O)(=O)c2ccc(F)c(Cl)c2)c2cc(NC(=O)OC(C)(C)C(F)(F)F)ccc2O1)NS(=O)(=O)C1CC1. The Kier molecular flexibility index (Phi) is 8.67. The number of carbonyl (C=O) groups is 1. The van der Waals surface area contributed by atoms with Gasteiger partial charge in [-0.05, 0) is 76.9 Å². The average molecular weight is 672 g/mol. The lowest BCUT2D eigenvalue weighted by Gasteiger charge is -2.39. The molecule has 4 rings (SSSR count). The van der Waals surface area contributed by atoms with Crippen molar-refractivity contribution in [1.29, 1.82) is 0 Å². The van der Waals surface area contributed by atoms with Gasteiger partial charge in [0.05, 0.1) is 27.4 Å². The van der Waals surface area contributed by atoms with Crippen LogP contribution in [0, 0.1) is 5.82 Å². The van der Waals surface area contributed by atoms with Crippen LogP contribution in [0.15, 0.2) is 41.3 Å². The third-order valence-electron chi connectivity index (χ3n) is 6.77. The number of anilines is 2. The fraction of sp³-hybridized carbons (Fsp3) is 0.500. The number of rotatable bonds is 9. The Morgan fingerprint density at radius 3 is 2.30 bits per heavy atom. The fourth-order valence-corrected chi connectivity index (χ4v) is 7.93. The van der Waals surface area contributed by atoms with Crippen molar-refractivity contribution in [3.63, 3.8) is 0 Å². The van der Waals surface area contributed by atoms with Crippen molar-refractivity contribution < 1.29 is 48.7 Å². The highest BCUT2D eigenvalue weighted by Crippen LogP contribution is 2.41. The quantitative estimate of drug-likeness (QED) is 0.333. The van der Waals surface area contributed by atoms with Crippen molar-refractivity contribution >= 4 is 49.1 Å². The van der Waals surface area contributed by atoms with Gasteiger partial charge in [-0.3, -0.25) is 9.62 Å². The summed E-state index contributed by atoms with van der Waals surface area (Å²) in [5.41, 5.74) is -4.07. The predicted molar refractivity (Wildman–Crippen MR) is 151 cm³/mol. The number of benzene rings is 2. The largest absolute Gasteiger partial charge is 0.486 e. The zero-order valence-corrected chi connectivity index (χ0v) is 25.8. The monoisotopic (exact) mass is 671 g/mol. The molecule has 10 nitrogen and oxygen atoms in total. The van der Waals surface area contributed by atoms with Crippen LogP contribution >= 0.6 is 11.6 Å². The van der Waals surface area contributed by atoms with Gasteiger partial charge in [-0.15, -0.1) is 0 Å². The molecule has 1 atom stereocenters. The van der Waals surface area contributed by atoms with E-state index in [1.165, 1.54) is 12.1 Å². The first kappa shape index (κ1) is 33.1. The minimum absolute atomic E-state index is 0.0171. The van der Waals surface area contributed by atoms with Gasteiger partial charge in [0.2, 0.25) is 15.6 Å². The minimum Gasteiger partial charge on any atom is -0.486 e. The van der Waals surface area contributed by atoms with Crippen molar-refractivity contribution in [1.82, 2.24) is 4.72 Å². The number of alkyl halides is 3. The molecule has 0 unspecified atom stereocenters. The van der Waals surface area contributed by atoms with E-state index in [-0.39, 0.29) is 35.0 Å². The van der Waals surface area contributed by atoms with E-state index in [1.54, 1.807) is 13.8 Å². The van der Waals surface area contributed by atoms with Gasteiger partial charge in [-0.2, -0.15) is 13.2 Å². The molecule has 1 fully saturated rings. The Bertz CT molecular complexity index is 1630. The van der Waals surface area contributed by atoms with Gasteiger partial charge >= 0.3 is 12.3 Å². The van der Waals surface area contributed by atoms with Gasteiger partial charge in [-0.25, -0.2) is 30.7 Å². The molecule has 0 bridgehead atoms. The molecular weight excluding hydrogens is 642 g/mol. The van der Waals surface area contributed by atoms with E-state index >= 15 is 0 Å². The third-order valence-corrected chi connectivity index (χ3v) is 11.0. The molecule has 0 aromatic heterocycles. The second-order valence-corrected chi connectivity index (χ2v) is 15.7. The fourth-order valence-electron chi connectivity index (χ4n) is 4.38. The highest BCUT2D eigenvalue weighted by atomic mass is 35.5. The second-order valence-electron chi connectivity index (χ2n) is 11.5. The predicted octanol–water partition coefficient (Wildman–Crippen LogP) is 5.58. The minimum atomic E-state index is -4.86. The zero-order valence-electron chi connectivity index (χ0n) is 23.5. The smallest absolute Gasteiger partial charge is 0.427 e. The lowest BCUT2D eigenvalue weighted by molar-refractivity contribution is -0.242. The molecule has 238 valence electrons. The molecule has 17 heteroatoms. The van der Waals surface area contributed by atoms with Gasteiger partial charge in [0, 0.05) is 17.6 Å². The third kappa shape index (κ3) is 7.46. The van der Waals surface area contributed by atoms with E-state index < -0.39 is 65.6 Å². The molecule has 1 saturated carbocycles. The van der Waals surface area contributed by atoms with Crippen LogP contribution in [0.1, 0.15) is 47.0 Å². The van der Waals surface area contributed by atoms with Gasteiger partial charge in [0.1, 0.15) is 17.7 Å². The first-order chi connectivity index (χ1) is 19.6. The Hall–Kier alpha value is -2.82. The van der Waals surface area contributed by atoms with Gasteiger partial charge in [0.25, 0.3) is 10.0 Å². The number of fused-ring (bicyclic) bond motifs is 1. The van der Waals surface area contributed by atoms with Crippen LogP contribution in [0.2, 0.25) is 5.02 Å². The number of nitrogens with zero attached hydrogens (tertiary/aromatic N) is 1. The van der Waals surface area contributed by atoms with Crippen molar-refractivity contribution in [2.24, 2.45) is 0 Å². The standard InChI is InChI=1S/C26H30ClF4N3O7S2/c1-24(2,33-42(36,37)17-6-7-17)13-16-14-34(43(38,39)18-8-9-20(28)19(27)12-18)21-11-15(5-10-22(21)40-16)32-23(35)41-25(3,4)26(29,30)31/h5,8-12,16-17,33H,6-7,13-14H2,1-4H3,(H,32,35)/t16-/m0/s1. The summed E-state index contributed by atoms with van der Waals surface area (Å²) in [7, 11) is -8.06. The van der Waals surface area contributed by atoms with Crippen LogP contribution in [0.4, 0.5) is 33.7 Å². The molecule has 2 aromatic rings. The molecule has 2 aromatic carbocycles.